The summed E-state index contributed by atoms with van der Waals surface area (Å²) < 4.78 is 7.29. The summed E-state index contributed by atoms with van der Waals surface area (Å²) in [6.07, 6.45) is 0. The van der Waals surface area contributed by atoms with Gasteiger partial charge < -0.3 is 7.96 Å². The van der Waals surface area contributed by atoms with E-state index in [1.807, 2.05) is 0 Å². The molecule has 0 aromatic carbocycles. The Morgan fingerprint density at radius 3 is 2.33 bits per heavy atom. The van der Waals surface area contributed by atoms with Crippen molar-refractivity contribution in [3.05, 3.63) is 0 Å². The Kier molecular flexibility index (Phi) is 6.38. The van der Waals surface area contributed by atoms with Gasteiger partial charge in [-0.25, -0.2) is 7.90 Å². The second-order valence-corrected chi connectivity index (χ2v) is 15.8. The quantitative estimate of drug-likeness (QED) is 0.593. The first-order chi connectivity index (χ1) is 3.18. The van der Waals surface area contributed by atoms with Crippen LogP contribution in [0.25, 0.3) is 0 Å². The molecule has 38 valence electrons. The average molecular weight is 195 g/mol. The summed E-state index contributed by atoms with van der Waals surface area (Å²) in [6, 6.07) is 0. The first-order valence-electron chi connectivity index (χ1n) is 1.62. The number of rotatable bonds is 2. The third-order valence-corrected chi connectivity index (χ3v) is 12.5. The molecule has 0 aliphatic carbocycles. The van der Waals surface area contributed by atoms with Crippen LogP contribution in [-0.4, -0.2) is 1.28 Å². The van der Waals surface area contributed by atoms with Gasteiger partial charge in [-0.3, -0.25) is 8.93 Å². The van der Waals surface area contributed by atoms with Crippen molar-refractivity contribution in [2.45, 2.75) is 0 Å². The van der Waals surface area contributed by atoms with E-state index in [1.54, 1.807) is 0 Å². The van der Waals surface area contributed by atoms with E-state index in [0.29, 0.717) is 0 Å². The van der Waals surface area contributed by atoms with Crippen molar-refractivity contribution in [1.82, 2.24) is 0 Å². The highest BCUT2D eigenvalue weighted by Gasteiger charge is 1.73. The van der Waals surface area contributed by atoms with Gasteiger partial charge in [0.2, 0.25) is 0 Å². The zero-order chi connectivity index (χ0) is 5.86. The Bertz CT molecular complexity index is 41.4. The molecule has 0 nitrogen and oxygen atoms in total. The van der Waals surface area contributed by atoms with E-state index in [-0.39, 0.29) is 6.99 Å². The highest BCUT2D eigenvalue weighted by molar-refractivity contribution is 8.82. The van der Waals surface area contributed by atoms with Crippen LogP contribution in [0.5, 0.6) is 0 Å². The molecule has 0 amide bonds. The van der Waals surface area contributed by atoms with Gasteiger partial charge >= 0.3 is 0 Å². The SMILES string of the molecule is [3H]P([P-]P)P(P)P. The van der Waals surface area contributed by atoms with Crippen LogP contribution in [0.2, 0.25) is 0 Å². The van der Waals surface area contributed by atoms with Gasteiger partial charge in [-0.15, -0.1) is 17.9 Å². The minimum atomic E-state index is -0.461. The fraction of sp³-hybridized carbons (Fsp3) is 0. The van der Waals surface area contributed by atoms with E-state index < -0.39 is 7.90 Å². The molecule has 0 bridgehead atoms. The summed E-state index contributed by atoms with van der Waals surface area (Å²) in [5.74, 6) is 0. The van der Waals surface area contributed by atoms with Crippen molar-refractivity contribution in [3.63, 3.8) is 0 Å². The van der Waals surface area contributed by atoms with E-state index in [0.717, 1.165) is 7.96 Å². The van der Waals surface area contributed by atoms with Gasteiger partial charge in [0, 0.05) is 1.28 Å². The number of hydrogen-bond donors (Lipinski definition) is 0. The second kappa shape index (κ2) is 5.71. The smallest absolute Gasteiger partial charge is 0.0300 e. The van der Waals surface area contributed by atoms with Crippen LogP contribution in [0, 0.1) is 0 Å². The zero-order valence-corrected chi connectivity index (χ0v) is 9.22. The summed E-state index contributed by atoms with van der Waals surface area (Å²) in [4.78, 5) is 0. The Labute approximate surface area is 51.5 Å². The highest BCUT2D eigenvalue weighted by atomic mass is 32.9. The Morgan fingerprint density at radius 1 is 1.83 bits per heavy atom. The molecule has 0 saturated carbocycles. The van der Waals surface area contributed by atoms with E-state index in [2.05, 4.69) is 26.8 Å². The molecule has 0 heterocycles. The minimum absolute atomic E-state index is 0.130. The van der Waals surface area contributed by atoms with Gasteiger partial charge in [0.25, 0.3) is 0 Å². The summed E-state index contributed by atoms with van der Waals surface area (Å²) >= 11 is 0. The second-order valence-electron chi connectivity index (χ2n) is 0.585. The Morgan fingerprint density at radius 2 is 2.33 bits per heavy atom. The largest absolute Gasteiger partial charge is 0.480 e. The summed E-state index contributed by atoms with van der Waals surface area (Å²) in [7, 11) is 8.60. The van der Waals surface area contributed by atoms with Crippen molar-refractivity contribution in [2.75, 3.05) is 0 Å². The van der Waals surface area contributed by atoms with Crippen LogP contribution in [0.15, 0.2) is 0 Å². The predicted molar refractivity (Wildman–Crippen MR) is 51.3 cm³/mol. The maximum absolute atomic E-state index is 7.29. The Balaban J connectivity index is 3.14. The molecule has 0 aliphatic heterocycles. The third kappa shape index (κ3) is 6.58. The lowest BCUT2D eigenvalue weighted by molar-refractivity contribution is 5.02. The molecule has 0 saturated heterocycles. The van der Waals surface area contributed by atoms with E-state index >= 15 is 0 Å². The van der Waals surface area contributed by atoms with Gasteiger partial charge in [-0.2, -0.15) is 0 Å². The molecule has 0 fully saturated rings. The van der Waals surface area contributed by atoms with Crippen molar-refractivity contribution < 1.29 is 0 Å². The van der Waals surface area contributed by atoms with Crippen molar-refractivity contribution in [2.24, 2.45) is 0 Å². The molecular formula is H7P6-. The van der Waals surface area contributed by atoms with Crippen LogP contribution >= 0.6 is 49.6 Å². The van der Waals surface area contributed by atoms with Crippen molar-refractivity contribution in [3.8, 4) is 0 Å². The standard InChI is InChI=1S/H7P6/c1-4-5-6(2)3/h5H,1-3H2/q-1/i5T. The van der Waals surface area contributed by atoms with Crippen LogP contribution in [0.3, 0.4) is 0 Å². The van der Waals surface area contributed by atoms with Gasteiger partial charge in [-0.05, 0) is 0 Å². The van der Waals surface area contributed by atoms with Crippen molar-refractivity contribution in [1.29, 1.82) is 1.28 Å². The molecular weight excluding hydrogens is 186 g/mol. The molecule has 0 aromatic rings. The molecule has 4 atom stereocenters. The normalized spacial score (nSPS) is 19.7. The van der Waals surface area contributed by atoms with Crippen LogP contribution in [0.1, 0.15) is 0 Å². The van der Waals surface area contributed by atoms with E-state index in [9.17, 15) is 0 Å². The molecule has 0 spiro atoms. The van der Waals surface area contributed by atoms with Gasteiger partial charge in [0.15, 0.2) is 0 Å². The van der Waals surface area contributed by atoms with Crippen LogP contribution < -0.4 is 0 Å². The highest BCUT2D eigenvalue weighted by Crippen LogP contribution is 2.77. The maximum atomic E-state index is 7.29. The summed E-state index contributed by atoms with van der Waals surface area (Å²) in [6.45, 7) is -0.130. The monoisotopic (exact) mass is 195 g/mol. The molecule has 6 heteroatoms. The topological polar surface area (TPSA) is 0 Å². The maximum Gasteiger partial charge on any atom is 0.0300 e. The van der Waals surface area contributed by atoms with Crippen LogP contribution in [-0.2, 0) is 0 Å². The summed E-state index contributed by atoms with van der Waals surface area (Å²) in [5, 5.41) is 0. The molecule has 0 aliphatic rings. The molecule has 0 N–H and O–H groups in total. The fourth-order valence-electron chi connectivity index (χ4n) is 0.0596. The predicted octanol–water partition coefficient (Wildman–Crippen LogP) is 3.29. The number of hydrogen-bond acceptors (Lipinski definition) is 0. The third-order valence-electron chi connectivity index (χ3n) is 0.155. The molecule has 4 unspecified atom stereocenters. The van der Waals surface area contributed by atoms with Crippen LogP contribution in [0.4, 0.5) is 0 Å². The molecule has 6 heavy (non-hydrogen) atoms. The molecule has 0 aromatic heterocycles. The Hall–Kier alpha value is 2.58. The molecule has 0 rings (SSSR count). The minimum Gasteiger partial charge on any atom is -0.480 e. The van der Waals surface area contributed by atoms with Gasteiger partial charge in [-0.1, -0.05) is 6.99 Å². The lowest BCUT2D eigenvalue weighted by Crippen LogP contribution is -1.04. The van der Waals surface area contributed by atoms with Gasteiger partial charge in [0.1, 0.15) is 0 Å². The van der Waals surface area contributed by atoms with Gasteiger partial charge in [0.05, 0.1) is 0 Å². The lowest BCUT2D eigenvalue weighted by atomic mass is 29.1. The fourth-order valence-corrected chi connectivity index (χ4v) is 14.5. The average Bonchev–Trinajstić information content (AvgIpc) is 1.65. The first kappa shape index (κ1) is 6.70. The van der Waals surface area contributed by atoms with E-state index in [1.165, 1.54) is 0 Å². The molecule has 0 radical (unpaired) electrons. The van der Waals surface area contributed by atoms with E-state index in [4.69, 9.17) is 1.28 Å². The summed E-state index contributed by atoms with van der Waals surface area (Å²) in [5.41, 5.74) is 0. The first-order valence-corrected chi connectivity index (χ1v) is 10.6. The lowest BCUT2D eigenvalue weighted by Gasteiger charge is -2.12. The zero-order valence-electron chi connectivity index (χ0n) is 4.07. The van der Waals surface area contributed by atoms with Crippen molar-refractivity contribution >= 4 is 49.6 Å².